The van der Waals surface area contributed by atoms with E-state index in [-0.39, 0.29) is 11.9 Å². The van der Waals surface area contributed by atoms with Gasteiger partial charge in [-0.15, -0.1) is 0 Å². The molecule has 0 saturated carbocycles. The van der Waals surface area contributed by atoms with Crippen molar-refractivity contribution in [2.75, 3.05) is 0 Å². The summed E-state index contributed by atoms with van der Waals surface area (Å²) >= 11 is 0. The highest BCUT2D eigenvalue weighted by Gasteiger charge is 2.18. The molecule has 0 bridgehead atoms. The van der Waals surface area contributed by atoms with Crippen molar-refractivity contribution in [2.45, 2.75) is 26.8 Å². The first-order chi connectivity index (χ1) is 8.41. The number of rotatable bonds is 2. The van der Waals surface area contributed by atoms with Crippen molar-refractivity contribution in [1.82, 2.24) is 9.78 Å². The Bertz CT molecular complexity index is 587. The van der Waals surface area contributed by atoms with Gasteiger partial charge in [-0.2, -0.15) is 5.10 Å². The molecule has 1 unspecified atom stereocenters. The Hall–Kier alpha value is -1.68. The summed E-state index contributed by atoms with van der Waals surface area (Å²) in [7, 11) is 1.90. The molecule has 1 aromatic heterocycles. The number of hydrogen-bond acceptors (Lipinski definition) is 2. The second-order valence-electron chi connectivity index (χ2n) is 4.69. The SMILES string of the molecule is Cc1cc(C(N)c2c(C)nn(C)c2C)ccc1F. The monoisotopic (exact) mass is 247 g/mol. The molecule has 1 aromatic carbocycles. The van der Waals surface area contributed by atoms with E-state index >= 15 is 0 Å². The Morgan fingerprint density at radius 2 is 1.94 bits per heavy atom. The molecule has 96 valence electrons. The van der Waals surface area contributed by atoms with E-state index < -0.39 is 0 Å². The van der Waals surface area contributed by atoms with E-state index in [4.69, 9.17) is 5.73 Å². The van der Waals surface area contributed by atoms with E-state index in [0.29, 0.717) is 5.56 Å². The smallest absolute Gasteiger partial charge is 0.126 e. The van der Waals surface area contributed by atoms with Gasteiger partial charge in [0.2, 0.25) is 0 Å². The fraction of sp³-hybridized carbons (Fsp3) is 0.357. The zero-order valence-electron chi connectivity index (χ0n) is 11.2. The summed E-state index contributed by atoms with van der Waals surface area (Å²) in [6.07, 6.45) is 0. The van der Waals surface area contributed by atoms with Gasteiger partial charge in [-0.05, 0) is 38.0 Å². The molecule has 1 atom stereocenters. The summed E-state index contributed by atoms with van der Waals surface area (Å²) in [6.45, 7) is 5.68. The molecule has 0 amide bonds. The molecule has 3 nitrogen and oxygen atoms in total. The number of nitrogens with zero attached hydrogens (tertiary/aromatic N) is 2. The molecule has 0 aliphatic rings. The Kier molecular flexibility index (Phi) is 3.22. The van der Waals surface area contributed by atoms with Crippen LogP contribution in [0.5, 0.6) is 0 Å². The van der Waals surface area contributed by atoms with Gasteiger partial charge >= 0.3 is 0 Å². The Labute approximate surface area is 106 Å². The third kappa shape index (κ3) is 2.04. The average Bonchev–Trinajstić information content (AvgIpc) is 2.56. The summed E-state index contributed by atoms with van der Waals surface area (Å²) in [5.41, 5.74) is 10.8. The van der Waals surface area contributed by atoms with Gasteiger partial charge in [0.05, 0.1) is 11.7 Å². The lowest BCUT2D eigenvalue weighted by molar-refractivity contribution is 0.616. The molecule has 0 aliphatic heterocycles. The van der Waals surface area contributed by atoms with E-state index in [1.807, 2.05) is 25.6 Å². The minimum atomic E-state index is -0.266. The molecule has 0 radical (unpaired) electrons. The summed E-state index contributed by atoms with van der Waals surface area (Å²) in [5, 5.41) is 4.36. The van der Waals surface area contributed by atoms with Crippen LogP contribution in [-0.2, 0) is 7.05 Å². The molecule has 0 aliphatic carbocycles. The van der Waals surface area contributed by atoms with Crippen LogP contribution in [0.4, 0.5) is 4.39 Å². The van der Waals surface area contributed by atoms with Gasteiger partial charge in [0.25, 0.3) is 0 Å². The van der Waals surface area contributed by atoms with E-state index in [0.717, 1.165) is 22.5 Å². The van der Waals surface area contributed by atoms with Crippen LogP contribution in [0.2, 0.25) is 0 Å². The number of halogens is 1. The fourth-order valence-electron chi connectivity index (χ4n) is 2.27. The first-order valence-electron chi connectivity index (χ1n) is 5.93. The number of aryl methyl sites for hydroxylation is 3. The van der Waals surface area contributed by atoms with Crippen molar-refractivity contribution in [3.05, 3.63) is 52.1 Å². The lowest BCUT2D eigenvalue weighted by Gasteiger charge is -2.14. The highest BCUT2D eigenvalue weighted by Crippen LogP contribution is 2.26. The molecule has 0 spiro atoms. The summed E-state index contributed by atoms with van der Waals surface area (Å²) < 4.78 is 15.1. The van der Waals surface area contributed by atoms with Gasteiger partial charge < -0.3 is 5.73 Å². The van der Waals surface area contributed by atoms with Crippen LogP contribution in [0, 0.1) is 26.6 Å². The minimum absolute atomic E-state index is 0.203. The highest BCUT2D eigenvalue weighted by molar-refractivity contribution is 5.38. The molecule has 2 aromatic rings. The van der Waals surface area contributed by atoms with Crippen molar-refractivity contribution < 1.29 is 4.39 Å². The lowest BCUT2D eigenvalue weighted by Crippen LogP contribution is -2.14. The van der Waals surface area contributed by atoms with Crippen LogP contribution in [0.25, 0.3) is 0 Å². The zero-order chi connectivity index (χ0) is 13.4. The predicted molar refractivity (Wildman–Crippen MR) is 69.8 cm³/mol. The molecule has 0 fully saturated rings. The van der Waals surface area contributed by atoms with E-state index in [1.54, 1.807) is 19.1 Å². The van der Waals surface area contributed by atoms with Gasteiger partial charge in [0.1, 0.15) is 5.82 Å². The largest absolute Gasteiger partial charge is 0.320 e. The second kappa shape index (κ2) is 4.53. The van der Waals surface area contributed by atoms with E-state index in [1.165, 1.54) is 6.07 Å². The minimum Gasteiger partial charge on any atom is -0.320 e. The maximum Gasteiger partial charge on any atom is 0.126 e. The first kappa shape index (κ1) is 12.8. The van der Waals surface area contributed by atoms with Crippen LogP contribution in [-0.4, -0.2) is 9.78 Å². The average molecular weight is 247 g/mol. The van der Waals surface area contributed by atoms with Crippen LogP contribution in [0.3, 0.4) is 0 Å². The molecule has 0 saturated heterocycles. The van der Waals surface area contributed by atoms with Gasteiger partial charge in [-0.3, -0.25) is 4.68 Å². The molecule has 18 heavy (non-hydrogen) atoms. The fourth-order valence-corrected chi connectivity index (χ4v) is 2.27. The Morgan fingerprint density at radius 3 is 2.44 bits per heavy atom. The molecular weight excluding hydrogens is 229 g/mol. The number of aromatic nitrogens is 2. The summed E-state index contributed by atoms with van der Waals surface area (Å²) in [5.74, 6) is -0.203. The number of nitrogens with two attached hydrogens (primary N) is 1. The Morgan fingerprint density at radius 1 is 1.28 bits per heavy atom. The predicted octanol–water partition coefficient (Wildman–Crippen LogP) is 2.53. The van der Waals surface area contributed by atoms with Crippen molar-refractivity contribution in [1.29, 1.82) is 0 Å². The van der Waals surface area contributed by atoms with E-state index in [2.05, 4.69) is 5.10 Å². The molecule has 2 N–H and O–H groups in total. The summed E-state index contributed by atoms with van der Waals surface area (Å²) in [6, 6.07) is 4.73. The van der Waals surface area contributed by atoms with Gasteiger partial charge in [0, 0.05) is 18.3 Å². The number of benzene rings is 1. The van der Waals surface area contributed by atoms with Crippen molar-refractivity contribution >= 4 is 0 Å². The number of hydrogen-bond donors (Lipinski definition) is 1. The standard InChI is InChI=1S/C14H18FN3/c1-8-7-11(5-6-12(8)15)14(16)13-9(2)17-18(4)10(13)3/h5-7,14H,16H2,1-4H3. The quantitative estimate of drug-likeness (QED) is 0.886. The third-order valence-electron chi connectivity index (χ3n) is 3.42. The van der Waals surface area contributed by atoms with Crippen LogP contribution in [0.1, 0.15) is 34.1 Å². The zero-order valence-corrected chi connectivity index (χ0v) is 11.2. The van der Waals surface area contributed by atoms with Crippen LogP contribution >= 0.6 is 0 Å². The third-order valence-corrected chi connectivity index (χ3v) is 3.42. The van der Waals surface area contributed by atoms with Gasteiger partial charge in [-0.1, -0.05) is 12.1 Å². The maximum absolute atomic E-state index is 13.3. The molecule has 4 heteroatoms. The maximum atomic E-state index is 13.3. The van der Waals surface area contributed by atoms with Crippen molar-refractivity contribution in [3.63, 3.8) is 0 Å². The van der Waals surface area contributed by atoms with Crippen LogP contribution < -0.4 is 5.73 Å². The van der Waals surface area contributed by atoms with Crippen LogP contribution in [0.15, 0.2) is 18.2 Å². The molecule has 1 heterocycles. The highest BCUT2D eigenvalue weighted by atomic mass is 19.1. The summed E-state index contributed by atoms with van der Waals surface area (Å²) in [4.78, 5) is 0. The normalized spacial score (nSPS) is 12.8. The van der Waals surface area contributed by atoms with Gasteiger partial charge in [0.15, 0.2) is 0 Å². The Balaban J connectivity index is 2.47. The molecular formula is C14H18FN3. The topological polar surface area (TPSA) is 43.8 Å². The van der Waals surface area contributed by atoms with Gasteiger partial charge in [-0.25, -0.2) is 4.39 Å². The van der Waals surface area contributed by atoms with E-state index in [9.17, 15) is 4.39 Å². The lowest BCUT2D eigenvalue weighted by atomic mass is 9.96. The first-order valence-corrected chi connectivity index (χ1v) is 5.93. The molecule has 2 rings (SSSR count). The van der Waals surface area contributed by atoms with Crippen molar-refractivity contribution in [2.24, 2.45) is 12.8 Å². The van der Waals surface area contributed by atoms with Crippen molar-refractivity contribution in [3.8, 4) is 0 Å². The second-order valence-corrected chi connectivity index (χ2v) is 4.69.